The predicted octanol–water partition coefficient (Wildman–Crippen LogP) is 3.69. The Morgan fingerprint density at radius 1 is 1.26 bits per heavy atom. The summed E-state index contributed by atoms with van der Waals surface area (Å²) in [6.07, 6.45) is 0.802. The van der Waals surface area contributed by atoms with Crippen LogP contribution in [0.1, 0.15) is 27.0 Å². The average molecular weight is 339 g/mol. The maximum absolute atomic E-state index is 13.4. The van der Waals surface area contributed by atoms with E-state index >= 15 is 0 Å². The van der Waals surface area contributed by atoms with Gasteiger partial charge < -0.3 is 10.1 Å². The Bertz CT molecular complexity index is 723. The van der Waals surface area contributed by atoms with Crippen LogP contribution in [0.2, 0.25) is 0 Å². The Hall–Kier alpha value is -2.28. The smallest absolute Gasteiger partial charge is 0.348 e. The van der Waals surface area contributed by atoms with E-state index in [2.05, 4.69) is 5.32 Å². The van der Waals surface area contributed by atoms with E-state index in [9.17, 15) is 18.4 Å². The molecule has 2 aromatic rings. The lowest BCUT2D eigenvalue weighted by molar-refractivity contribution is -0.119. The monoisotopic (exact) mass is 339 g/mol. The van der Waals surface area contributed by atoms with Gasteiger partial charge in [-0.3, -0.25) is 4.79 Å². The second kappa shape index (κ2) is 7.32. The first-order chi connectivity index (χ1) is 10.9. The fourth-order valence-electron chi connectivity index (χ4n) is 1.97. The number of ether oxygens (including phenoxy) is 1. The molecule has 0 aliphatic rings. The van der Waals surface area contributed by atoms with Crippen LogP contribution in [0.4, 0.5) is 14.5 Å². The van der Waals surface area contributed by atoms with Crippen LogP contribution < -0.4 is 5.32 Å². The number of hydrogen-bond donors (Lipinski definition) is 1. The molecule has 4 nitrogen and oxygen atoms in total. The van der Waals surface area contributed by atoms with Crippen LogP contribution in [0.5, 0.6) is 0 Å². The molecule has 122 valence electrons. The molecule has 0 bridgehead atoms. The normalized spacial score (nSPS) is 10.4. The van der Waals surface area contributed by atoms with Crippen molar-refractivity contribution in [1.29, 1.82) is 0 Å². The molecule has 0 unspecified atom stereocenters. The molecule has 1 aromatic carbocycles. The van der Waals surface area contributed by atoms with Gasteiger partial charge in [0.1, 0.15) is 22.2 Å². The number of esters is 1. The third kappa shape index (κ3) is 4.13. The Balaban J connectivity index is 1.95. The first kappa shape index (κ1) is 17.1. The SMILES string of the molecule is CCc1sc(C(=O)OCC(=O)Nc2c(F)cccc2F)cc1C. The number of nitrogens with one attached hydrogen (secondary N) is 1. The van der Waals surface area contributed by atoms with E-state index in [-0.39, 0.29) is 0 Å². The Morgan fingerprint density at radius 3 is 2.48 bits per heavy atom. The van der Waals surface area contributed by atoms with E-state index < -0.39 is 35.8 Å². The number of halogens is 2. The molecule has 0 aliphatic heterocycles. The van der Waals surface area contributed by atoms with E-state index in [0.29, 0.717) is 4.88 Å². The predicted molar refractivity (Wildman–Crippen MR) is 83.7 cm³/mol. The van der Waals surface area contributed by atoms with Crippen LogP contribution in [0.25, 0.3) is 0 Å². The molecule has 1 N–H and O–H groups in total. The van der Waals surface area contributed by atoms with Crippen molar-refractivity contribution >= 4 is 28.9 Å². The van der Waals surface area contributed by atoms with Crippen molar-refractivity contribution in [2.75, 3.05) is 11.9 Å². The van der Waals surface area contributed by atoms with Crippen molar-refractivity contribution in [2.24, 2.45) is 0 Å². The molecule has 0 aliphatic carbocycles. The number of benzene rings is 1. The highest BCUT2D eigenvalue weighted by Crippen LogP contribution is 2.23. The average Bonchev–Trinajstić information content (AvgIpc) is 2.90. The molecule has 7 heteroatoms. The largest absolute Gasteiger partial charge is 0.451 e. The van der Waals surface area contributed by atoms with Gasteiger partial charge in [-0.2, -0.15) is 0 Å². The lowest BCUT2D eigenvalue weighted by Crippen LogP contribution is -2.21. The second-order valence-corrected chi connectivity index (χ2v) is 5.93. The maximum atomic E-state index is 13.4. The van der Waals surface area contributed by atoms with Crippen LogP contribution in [0.3, 0.4) is 0 Å². The Morgan fingerprint density at radius 2 is 1.91 bits per heavy atom. The third-order valence-electron chi connectivity index (χ3n) is 3.10. The molecule has 1 amide bonds. The summed E-state index contributed by atoms with van der Waals surface area (Å²) >= 11 is 1.30. The molecule has 1 aromatic heterocycles. The van der Waals surface area contributed by atoms with Crippen LogP contribution in [0.15, 0.2) is 24.3 Å². The summed E-state index contributed by atoms with van der Waals surface area (Å²) in [5, 5.41) is 2.05. The number of amides is 1. The first-order valence-corrected chi connectivity index (χ1v) is 7.74. The van der Waals surface area contributed by atoms with E-state index in [1.165, 1.54) is 17.4 Å². The van der Waals surface area contributed by atoms with Crippen LogP contribution >= 0.6 is 11.3 Å². The number of thiophene rings is 1. The van der Waals surface area contributed by atoms with Crippen molar-refractivity contribution in [3.8, 4) is 0 Å². The molecule has 0 saturated carbocycles. The fourth-order valence-corrected chi connectivity index (χ4v) is 2.97. The standard InChI is InChI=1S/C16H15F2NO3S/c1-3-12-9(2)7-13(23-12)16(21)22-8-14(20)19-15-10(17)5-4-6-11(15)18/h4-7H,3,8H2,1-2H3,(H,19,20). The van der Waals surface area contributed by atoms with Gasteiger partial charge >= 0.3 is 5.97 Å². The molecule has 0 spiro atoms. The van der Waals surface area contributed by atoms with Crippen molar-refractivity contribution in [3.05, 3.63) is 51.2 Å². The topological polar surface area (TPSA) is 55.4 Å². The molecular formula is C16H15F2NO3S. The number of hydrogen-bond acceptors (Lipinski definition) is 4. The van der Waals surface area contributed by atoms with Gasteiger partial charge in [-0.1, -0.05) is 13.0 Å². The van der Waals surface area contributed by atoms with E-state index in [4.69, 9.17) is 4.74 Å². The number of rotatable bonds is 5. The van der Waals surface area contributed by atoms with Crippen molar-refractivity contribution in [2.45, 2.75) is 20.3 Å². The minimum atomic E-state index is -0.897. The molecule has 2 rings (SSSR count). The number of carbonyl (C=O) groups excluding carboxylic acids is 2. The summed E-state index contributed by atoms with van der Waals surface area (Å²) in [5.74, 6) is -3.24. The number of para-hydroxylation sites is 1. The molecule has 0 saturated heterocycles. The van der Waals surface area contributed by atoms with Crippen molar-refractivity contribution in [3.63, 3.8) is 0 Å². The minimum absolute atomic E-state index is 0.393. The molecule has 23 heavy (non-hydrogen) atoms. The van der Waals surface area contributed by atoms with Crippen LogP contribution in [-0.2, 0) is 16.0 Å². The summed E-state index contributed by atoms with van der Waals surface area (Å²) < 4.78 is 31.7. The Kier molecular flexibility index (Phi) is 5.44. The Labute approximate surface area is 136 Å². The highest BCUT2D eigenvalue weighted by molar-refractivity contribution is 7.14. The van der Waals surface area contributed by atoms with Crippen LogP contribution in [-0.4, -0.2) is 18.5 Å². The van der Waals surface area contributed by atoms with Gasteiger partial charge in [0.25, 0.3) is 5.91 Å². The zero-order chi connectivity index (χ0) is 17.0. The summed E-state index contributed by atoms with van der Waals surface area (Å²) in [4.78, 5) is 25.0. The quantitative estimate of drug-likeness (QED) is 0.845. The molecule has 1 heterocycles. The first-order valence-electron chi connectivity index (χ1n) is 6.92. The molecule has 0 fully saturated rings. The van der Waals surface area contributed by atoms with E-state index in [1.54, 1.807) is 6.07 Å². The van der Waals surface area contributed by atoms with Gasteiger partial charge in [-0.15, -0.1) is 11.3 Å². The molecule has 0 radical (unpaired) electrons. The zero-order valence-corrected chi connectivity index (χ0v) is 13.4. The third-order valence-corrected chi connectivity index (χ3v) is 4.47. The number of anilines is 1. The lowest BCUT2D eigenvalue weighted by atomic mass is 10.2. The summed E-state index contributed by atoms with van der Waals surface area (Å²) in [5.41, 5.74) is 0.427. The summed E-state index contributed by atoms with van der Waals surface area (Å²) in [6.45, 7) is 3.25. The number of aryl methyl sites for hydroxylation is 2. The minimum Gasteiger partial charge on any atom is -0.451 e. The van der Waals surface area contributed by atoms with Gasteiger partial charge in [0, 0.05) is 4.88 Å². The van der Waals surface area contributed by atoms with Crippen molar-refractivity contribution in [1.82, 2.24) is 0 Å². The van der Waals surface area contributed by atoms with Gasteiger partial charge in [-0.05, 0) is 37.1 Å². The van der Waals surface area contributed by atoms with Crippen molar-refractivity contribution < 1.29 is 23.1 Å². The van der Waals surface area contributed by atoms with E-state index in [1.807, 2.05) is 13.8 Å². The van der Waals surface area contributed by atoms with Gasteiger partial charge in [0.2, 0.25) is 0 Å². The zero-order valence-electron chi connectivity index (χ0n) is 12.6. The highest BCUT2D eigenvalue weighted by atomic mass is 32.1. The maximum Gasteiger partial charge on any atom is 0.348 e. The second-order valence-electron chi connectivity index (χ2n) is 4.79. The van der Waals surface area contributed by atoms with Gasteiger partial charge in [-0.25, -0.2) is 13.6 Å². The summed E-state index contributed by atoms with van der Waals surface area (Å²) in [7, 11) is 0. The number of carbonyl (C=O) groups is 2. The lowest BCUT2D eigenvalue weighted by Gasteiger charge is -2.07. The van der Waals surface area contributed by atoms with Gasteiger partial charge in [0.05, 0.1) is 0 Å². The molecular weight excluding hydrogens is 324 g/mol. The van der Waals surface area contributed by atoms with Crippen LogP contribution in [0, 0.1) is 18.6 Å². The fraction of sp³-hybridized carbons (Fsp3) is 0.250. The van der Waals surface area contributed by atoms with E-state index in [0.717, 1.165) is 29.0 Å². The highest BCUT2D eigenvalue weighted by Gasteiger charge is 2.16. The van der Waals surface area contributed by atoms with Gasteiger partial charge in [0.15, 0.2) is 6.61 Å². The molecule has 0 atom stereocenters. The summed E-state index contributed by atoms with van der Waals surface area (Å²) in [6, 6.07) is 4.92.